The number of rotatable bonds is 10. The van der Waals surface area contributed by atoms with Crippen LogP contribution < -0.4 is 4.74 Å². The number of hydrogen-bond donors (Lipinski definition) is 1. The molecule has 1 heterocycles. The lowest BCUT2D eigenvalue weighted by Gasteiger charge is -2.35. The number of carboxylic acid groups (broad SMARTS) is 1. The molecule has 0 fully saturated rings. The summed E-state index contributed by atoms with van der Waals surface area (Å²) in [5.74, 6) is -1.16. The van der Waals surface area contributed by atoms with E-state index in [2.05, 4.69) is 9.97 Å². The van der Waals surface area contributed by atoms with Crippen LogP contribution in [0.25, 0.3) is 0 Å². The Morgan fingerprint density at radius 1 is 1.06 bits per heavy atom. The summed E-state index contributed by atoms with van der Waals surface area (Å²) in [6, 6.07) is 18.7. The summed E-state index contributed by atoms with van der Waals surface area (Å²) >= 11 is 5.95. The van der Waals surface area contributed by atoms with Crippen LogP contribution in [0.4, 0.5) is 0 Å². The molecular weight excluding hydrogens is 428 g/mol. The third-order valence-corrected chi connectivity index (χ3v) is 5.43. The minimum Gasteiger partial charge on any atom is -0.478 e. The van der Waals surface area contributed by atoms with Gasteiger partial charge in [-0.2, -0.15) is 0 Å². The average molecular weight is 455 g/mol. The van der Waals surface area contributed by atoms with Crippen molar-refractivity contribution in [2.45, 2.75) is 45.3 Å². The van der Waals surface area contributed by atoms with Gasteiger partial charge in [0.1, 0.15) is 5.60 Å². The first-order valence-corrected chi connectivity index (χ1v) is 10.8. The highest BCUT2D eigenvalue weighted by Crippen LogP contribution is 2.32. The maximum absolute atomic E-state index is 12.3. The summed E-state index contributed by atoms with van der Waals surface area (Å²) in [6.07, 6.45) is 0.138. The van der Waals surface area contributed by atoms with Gasteiger partial charge in [0.05, 0.1) is 0 Å². The van der Waals surface area contributed by atoms with E-state index >= 15 is 0 Å². The van der Waals surface area contributed by atoms with Gasteiger partial charge in [0.2, 0.25) is 6.10 Å². The monoisotopic (exact) mass is 454 g/mol. The van der Waals surface area contributed by atoms with Crippen LogP contribution in [0.2, 0.25) is 5.02 Å². The highest BCUT2D eigenvalue weighted by molar-refractivity contribution is 6.30. The quantitative estimate of drug-likeness (QED) is 0.427. The Morgan fingerprint density at radius 3 is 2.28 bits per heavy atom. The minimum atomic E-state index is -1.35. The summed E-state index contributed by atoms with van der Waals surface area (Å²) in [5, 5.41) is 10.7. The Labute approximate surface area is 193 Å². The molecule has 1 aromatic heterocycles. The van der Waals surface area contributed by atoms with Crippen LogP contribution in [-0.2, 0) is 21.6 Å². The molecule has 3 rings (SSSR count). The van der Waals surface area contributed by atoms with Gasteiger partial charge in [0, 0.05) is 23.0 Å². The molecule has 3 aromatic rings. The number of aliphatic carboxylic acids is 1. The number of nitrogens with zero attached hydrogens (tertiary/aromatic N) is 2. The Morgan fingerprint density at radius 2 is 1.69 bits per heavy atom. The molecule has 1 N–H and O–H groups in total. The van der Waals surface area contributed by atoms with Crippen LogP contribution in [0.3, 0.4) is 0 Å². The van der Waals surface area contributed by atoms with Crippen molar-refractivity contribution in [3.63, 3.8) is 0 Å². The number of benzene rings is 2. The smallest absolute Gasteiger partial charge is 0.348 e. The van der Waals surface area contributed by atoms with E-state index in [4.69, 9.17) is 21.1 Å². The van der Waals surface area contributed by atoms with Crippen LogP contribution in [0.15, 0.2) is 60.7 Å². The van der Waals surface area contributed by atoms with Gasteiger partial charge in [0.15, 0.2) is 0 Å². The fraction of sp³-hybridized carbons (Fsp3) is 0.320. The largest absolute Gasteiger partial charge is 0.478 e. The Balaban J connectivity index is 1.81. The Kier molecular flexibility index (Phi) is 7.83. The normalized spacial score (nSPS) is 13.9. The molecule has 7 heteroatoms. The van der Waals surface area contributed by atoms with Crippen LogP contribution in [0.5, 0.6) is 6.01 Å². The van der Waals surface area contributed by atoms with E-state index in [1.807, 2.05) is 54.6 Å². The van der Waals surface area contributed by atoms with Gasteiger partial charge >= 0.3 is 12.0 Å². The van der Waals surface area contributed by atoms with Crippen molar-refractivity contribution >= 4 is 17.6 Å². The van der Waals surface area contributed by atoms with Crippen LogP contribution >= 0.6 is 11.6 Å². The molecule has 168 valence electrons. The fourth-order valence-corrected chi connectivity index (χ4v) is 3.67. The molecule has 0 amide bonds. The summed E-state index contributed by atoms with van der Waals surface area (Å²) in [6.45, 7) is 5.68. The number of aryl methyl sites for hydroxylation is 3. The standard InChI is InChI=1S/C25H27ClN2O4/c1-17-16-18(2)28-24(27-17)32-22(23(29)30)25(3,20-9-5-4-6-10-20)31-15-7-8-19-11-13-21(26)14-12-19/h4-6,9-14,16,22H,7-8,15H2,1-3H3,(H,29,30). The molecule has 6 nitrogen and oxygen atoms in total. The van der Waals surface area contributed by atoms with Crippen LogP contribution in [0, 0.1) is 13.8 Å². The first kappa shape index (κ1) is 23.7. The predicted octanol–water partition coefficient (Wildman–Crippen LogP) is 5.14. The van der Waals surface area contributed by atoms with Crippen molar-refractivity contribution in [2.24, 2.45) is 0 Å². The molecule has 0 saturated carbocycles. The number of carboxylic acids is 1. The third kappa shape index (κ3) is 6.05. The van der Waals surface area contributed by atoms with Gasteiger partial charge in [-0.3, -0.25) is 0 Å². The van der Waals surface area contributed by atoms with E-state index in [1.54, 1.807) is 26.8 Å². The second kappa shape index (κ2) is 10.6. The highest BCUT2D eigenvalue weighted by atomic mass is 35.5. The number of ether oxygens (including phenoxy) is 2. The zero-order valence-corrected chi connectivity index (χ0v) is 19.2. The van der Waals surface area contributed by atoms with Gasteiger partial charge in [-0.1, -0.05) is 54.1 Å². The molecule has 2 atom stereocenters. The van der Waals surface area contributed by atoms with E-state index in [1.165, 1.54) is 0 Å². The van der Waals surface area contributed by atoms with E-state index in [0.29, 0.717) is 35.0 Å². The second-order valence-electron chi connectivity index (χ2n) is 7.82. The van der Waals surface area contributed by atoms with Gasteiger partial charge in [-0.25, -0.2) is 14.8 Å². The van der Waals surface area contributed by atoms with Crippen molar-refractivity contribution < 1.29 is 19.4 Å². The third-order valence-electron chi connectivity index (χ3n) is 5.18. The zero-order chi connectivity index (χ0) is 23.1. The predicted molar refractivity (Wildman–Crippen MR) is 123 cm³/mol. The van der Waals surface area contributed by atoms with Crippen LogP contribution in [0.1, 0.15) is 35.9 Å². The Hall–Kier alpha value is -2.96. The molecular formula is C25H27ClN2O4. The van der Waals surface area contributed by atoms with Gasteiger partial charge in [-0.15, -0.1) is 0 Å². The molecule has 0 spiro atoms. The molecule has 0 aliphatic heterocycles. The van der Waals surface area contributed by atoms with E-state index in [-0.39, 0.29) is 6.01 Å². The van der Waals surface area contributed by atoms with Gasteiger partial charge in [0.25, 0.3) is 0 Å². The zero-order valence-electron chi connectivity index (χ0n) is 18.4. The molecule has 2 unspecified atom stereocenters. The number of hydrogen-bond acceptors (Lipinski definition) is 5. The molecule has 2 aromatic carbocycles. The van der Waals surface area contributed by atoms with E-state index in [0.717, 1.165) is 12.0 Å². The van der Waals surface area contributed by atoms with Crippen molar-refractivity contribution in [3.8, 4) is 6.01 Å². The Bertz CT molecular complexity index is 1020. The van der Waals surface area contributed by atoms with Gasteiger partial charge < -0.3 is 14.6 Å². The molecule has 0 saturated heterocycles. The first-order valence-electron chi connectivity index (χ1n) is 10.4. The van der Waals surface area contributed by atoms with E-state index in [9.17, 15) is 9.90 Å². The minimum absolute atomic E-state index is 0.0156. The van der Waals surface area contributed by atoms with Gasteiger partial charge in [-0.05, 0) is 62.9 Å². The number of aromatic nitrogens is 2. The van der Waals surface area contributed by atoms with Crippen molar-refractivity contribution in [1.82, 2.24) is 9.97 Å². The maximum Gasteiger partial charge on any atom is 0.348 e. The lowest BCUT2D eigenvalue weighted by atomic mass is 9.89. The average Bonchev–Trinajstić information content (AvgIpc) is 2.76. The first-order chi connectivity index (χ1) is 15.3. The lowest BCUT2D eigenvalue weighted by molar-refractivity contribution is -0.168. The highest BCUT2D eigenvalue weighted by Gasteiger charge is 2.44. The number of halogens is 1. The van der Waals surface area contributed by atoms with Crippen molar-refractivity contribution in [2.75, 3.05) is 6.61 Å². The second-order valence-corrected chi connectivity index (χ2v) is 8.26. The molecule has 0 aliphatic carbocycles. The summed E-state index contributed by atoms with van der Waals surface area (Å²) in [4.78, 5) is 20.8. The molecule has 32 heavy (non-hydrogen) atoms. The lowest BCUT2D eigenvalue weighted by Crippen LogP contribution is -2.48. The SMILES string of the molecule is Cc1cc(C)nc(OC(C(=O)O)C(C)(OCCCc2ccc(Cl)cc2)c2ccccc2)n1. The van der Waals surface area contributed by atoms with Crippen LogP contribution in [-0.4, -0.2) is 33.8 Å². The topological polar surface area (TPSA) is 81.5 Å². The summed E-state index contributed by atoms with van der Waals surface area (Å²) in [7, 11) is 0. The summed E-state index contributed by atoms with van der Waals surface area (Å²) < 4.78 is 12.1. The maximum atomic E-state index is 12.3. The molecule has 0 bridgehead atoms. The fourth-order valence-electron chi connectivity index (χ4n) is 3.54. The molecule has 0 aliphatic rings. The van der Waals surface area contributed by atoms with E-state index < -0.39 is 17.7 Å². The van der Waals surface area contributed by atoms with Crippen molar-refractivity contribution in [1.29, 1.82) is 0 Å². The number of carbonyl (C=O) groups is 1. The molecule has 0 radical (unpaired) electrons. The van der Waals surface area contributed by atoms with Crippen molar-refractivity contribution in [3.05, 3.63) is 88.2 Å². The summed E-state index contributed by atoms with van der Waals surface area (Å²) in [5.41, 5.74) is 1.97.